The van der Waals surface area contributed by atoms with E-state index in [9.17, 15) is 13.5 Å². The van der Waals surface area contributed by atoms with Gasteiger partial charge in [-0.1, -0.05) is 17.7 Å². The Hall–Kier alpha value is -0.780. The molecule has 17 heavy (non-hydrogen) atoms. The molecule has 1 rings (SSSR count). The fourth-order valence-electron chi connectivity index (χ4n) is 1.44. The van der Waals surface area contributed by atoms with E-state index in [0.717, 1.165) is 6.26 Å². The van der Waals surface area contributed by atoms with E-state index in [1.165, 1.54) is 7.11 Å². The molecule has 0 saturated carbocycles. The number of benzene rings is 1. The molecule has 1 unspecified atom stereocenters. The Morgan fingerprint density at radius 3 is 2.65 bits per heavy atom. The van der Waals surface area contributed by atoms with Gasteiger partial charge >= 0.3 is 0 Å². The normalized spacial score (nSPS) is 13.4. The molecule has 1 atom stereocenters. The zero-order chi connectivity index (χ0) is 13.1. The molecule has 1 N–H and O–H groups in total. The van der Waals surface area contributed by atoms with E-state index >= 15 is 0 Å². The minimum Gasteiger partial charge on any atom is -0.496 e. The molecule has 0 aliphatic rings. The molecule has 0 bridgehead atoms. The Labute approximate surface area is 106 Å². The van der Waals surface area contributed by atoms with Gasteiger partial charge in [-0.05, 0) is 18.6 Å². The van der Waals surface area contributed by atoms with Gasteiger partial charge in [-0.2, -0.15) is 0 Å². The van der Waals surface area contributed by atoms with Crippen molar-refractivity contribution < 1.29 is 18.3 Å². The van der Waals surface area contributed by atoms with Crippen LogP contribution in [0.3, 0.4) is 0 Å². The maximum atomic E-state index is 11.0. The number of halogens is 1. The van der Waals surface area contributed by atoms with Gasteiger partial charge in [-0.3, -0.25) is 0 Å². The van der Waals surface area contributed by atoms with Crippen LogP contribution >= 0.6 is 11.6 Å². The third kappa shape index (κ3) is 4.53. The molecule has 96 valence electrons. The molecule has 0 aliphatic carbocycles. The van der Waals surface area contributed by atoms with Gasteiger partial charge in [-0.25, -0.2) is 8.42 Å². The first kappa shape index (κ1) is 14.3. The van der Waals surface area contributed by atoms with E-state index in [-0.39, 0.29) is 12.2 Å². The number of hydrogen-bond acceptors (Lipinski definition) is 4. The first-order chi connectivity index (χ1) is 7.83. The first-order valence-corrected chi connectivity index (χ1v) is 7.46. The fraction of sp³-hybridized carbons (Fsp3) is 0.455. The van der Waals surface area contributed by atoms with Crippen molar-refractivity contribution in [3.05, 3.63) is 28.8 Å². The average molecular weight is 279 g/mol. The third-order valence-corrected chi connectivity index (χ3v) is 3.53. The third-order valence-electron chi connectivity index (χ3n) is 2.32. The molecule has 0 spiro atoms. The summed E-state index contributed by atoms with van der Waals surface area (Å²) >= 11 is 5.79. The second kappa shape index (κ2) is 5.71. The minimum atomic E-state index is -3.08. The molecule has 1 aromatic carbocycles. The van der Waals surface area contributed by atoms with Gasteiger partial charge in [0, 0.05) is 16.8 Å². The van der Waals surface area contributed by atoms with Crippen LogP contribution in [0, 0.1) is 0 Å². The number of aliphatic hydroxyl groups excluding tert-OH is 1. The fourth-order valence-corrected chi connectivity index (χ4v) is 2.25. The van der Waals surface area contributed by atoms with Gasteiger partial charge in [0.1, 0.15) is 15.6 Å². The van der Waals surface area contributed by atoms with E-state index in [1.807, 2.05) is 0 Å². The summed E-state index contributed by atoms with van der Waals surface area (Å²) in [6.45, 7) is 0. The van der Waals surface area contributed by atoms with Crippen molar-refractivity contribution in [2.45, 2.75) is 12.5 Å². The summed E-state index contributed by atoms with van der Waals surface area (Å²) in [6, 6.07) is 4.84. The molecule has 4 nitrogen and oxygen atoms in total. The lowest BCUT2D eigenvalue weighted by molar-refractivity contribution is 0.170. The van der Waals surface area contributed by atoms with Gasteiger partial charge in [0.2, 0.25) is 0 Å². The highest BCUT2D eigenvalue weighted by Crippen LogP contribution is 2.30. The van der Waals surface area contributed by atoms with Gasteiger partial charge in [-0.15, -0.1) is 0 Å². The topological polar surface area (TPSA) is 63.6 Å². The largest absolute Gasteiger partial charge is 0.496 e. The van der Waals surface area contributed by atoms with Gasteiger partial charge in [0.15, 0.2) is 0 Å². The average Bonchev–Trinajstić information content (AvgIpc) is 2.24. The lowest BCUT2D eigenvalue weighted by Crippen LogP contribution is -2.09. The number of aliphatic hydroxyl groups is 1. The van der Waals surface area contributed by atoms with Crippen LogP contribution in [-0.2, 0) is 9.84 Å². The van der Waals surface area contributed by atoms with Crippen LogP contribution in [0.4, 0.5) is 0 Å². The number of sulfone groups is 1. The molecule has 0 amide bonds. The summed E-state index contributed by atoms with van der Waals surface area (Å²) in [5.74, 6) is 0.387. The smallest absolute Gasteiger partial charge is 0.147 e. The minimum absolute atomic E-state index is 0.0695. The zero-order valence-electron chi connectivity index (χ0n) is 9.68. The molecule has 0 aliphatic heterocycles. The molecular formula is C11H15ClO4S. The summed E-state index contributed by atoms with van der Waals surface area (Å²) < 4.78 is 27.1. The molecule has 1 aromatic rings. The first-order valence-electron chi connectivity index (χ1n) is 5.02. The van der Waals surface area contributed by atoms with Gasteiger partial charge < -0.3 is 9.84 Å². The van der Waals surface area contributed by atoms with E-state index in [1.54, 1.807) is 18.2 Å². The quantitative estimate of drug-likeness (QED) is 0.892. The summed E-state index contributed by atoms with van der Waals surface area (Å²) in [5.41, 5.74) is 0.542. The Morgan fingerprint density at radius 1 is 1.47 bits per heavy atom. The molecule has 0 aromatic heterocycles. The van der Waals surface area contributed by atoms with Crippen molar-refractivity contribution in [2.75, 3.05) is 19.1 Å². The highest BCUT2D eigenvalue weighted by Gasteiger charge is 2.15. The summed E-state index contributed by atoms with van der Waals surface area (Å²) in [6.07, 6.45) is 0.396. The molecule has 0 radical (unpaired) electrons. The van der Waals surface area contributed by atoms with Crippen molar-refractivity contribution in [3.8, 4) is 5.75 Å². The molecular weight excluding hydrogens is 264 g/mol. The van der Waals surface area contributed by atoms with Crippen LogP contribution in [0.5, 0.6) is 5.75 Å². The van der Waals surface area contributed by atoms with Crippen LogP contribution in [0.2, 0.25) is 5.02 Å². The van der Waals surface area contributed by atoms with E-state index in [4.69, 9.17) is 16.3 Å². The molecule has 0 heterocycles. The second-order valence-corrected chi connectivity index (χ2v) is 6.52. The number of rotatable bonds is 5. The highest BCUT2D eigenvalue weighted by molar-refractivity contribution is 7.90. The lowest BCUT2D eigenvalue weighted by Gasteiger charge is -2.14. The van der Waals surface area contributed by atoms with Crippen molar-refractivity contribution in [1.82, 2.24) is 0 Å². The number of hydrogen-bond donors (Lipinski definition) is 1. The maximum absolute atomic E-state index is 11.0. The lowest BCUT2D eigenvalue weighted by atomic mass is 10.1. The van der Waals surface area contributed by atoms with Gasteiger partial charge in [0.25, 0.3) is 0 Å². The predicted molar refractivity (Wildman–Crippen MR) is 67.3 cm³/mol. The van der Waals surface area contributed by atoms with Gasteiger partial charge in [0.05, 0.1) is 19.0 Å². The second-order valence-electron chi connectivity index (χ2n) is 3.82. The van der Waals surface area contributed by atoms with Crippen LogP contribution in [0.15, 0.2) is 18.2 Å². The van der Waals surface area contributed by atoms with Crippen molar-refractivity contribution in [1.29, 1.82) is 0 Å². The van der Waals surface area contributed by atoms with E-state index in [2.05, 4.69) is 0 Å². The Balaban J connectivity index is 2.85. The Kier molecular flexibility index (Phi) is 4.80. The standard InChI is InChI=1S/C11H15ClO4S/c1-16-11-7-8(12)3-4-9(11)10(13)5-6-17(2,14)15/h3-4,7,10,13H,5-6H2,1-2H3. The van der Waals surface area contributed by atoms with Crippen molar-refractivity contribution in [2.24, 2.45) is 0 Å². The van der Waals surface area contributed by atoms with Crippen LogP contribution in [0.1, 0.15) is 18.1 Å². The van der Waals surface area contributed by atoms with Crippen LogP contribution in [0.25, 0.3) is 0 Å². The summed E-state index contributed by atoms with van der Waals surface area (Å²) in [4.78, 5) is 0. The molecule has 6 heteroatoms. The molecule has 0 saturated heterocycles. The molecule has 0 fully saturated rings. The zero-order valence-corrected chi connectivity index (χ0v) is 11.3. The van der Waals surface area contributed by atoms with Crippen LogP contribution < -0.4 is 4.74 Å². The number of methoxy groups -OCH3 is 1. The predicted octanol–water partition coefficient (Wildman–Crippen LogP) is 1.82. The highest BCUT2D eigenvalue weighted by atomic mass is 35.5. The van der Waals surface area contributed by atoms with Crippen LogP contribution in [-0.4, -0.2) is 32.6 Å². The Bertz CT molecular complexity index is 484. The number of ether oxygens (including phenoxy) is 1. The SMILES string of the molecule is COc1cc(Cl)ccc1C(O)CCS(C)(=O)=O. The van der Waals surface area contributed by atoms with Crippen molar-refractivity contribution in [3.63, 3.8) is 0 Å². The summed E-state index contributed by atoms with van der Waals surface area (Å²) in [5, 5.41) is 10.4. The van der Waals surface area contributed by atoms with Crippen molar-refractivity contribution >= 4 is 21.4 Å². The monoisotopic (exact) mass is 278 g/mol. The Morgan fingerprint density at radius 2 is 2.12 bits per heavy atom. The maximum Gasteiger partial charge on any atom is 0.147 e. The van der Waals surface area contributed by atoms with E-state index < -0.39 is 15.9 Å². The van der Waals surface area contributed by atoms with E-state index in [0.29, 0.717) is 16.3 Å². The summed E-state index contributed by atoms with van der Waals surface area (Å²) in [7, 11) is -1.61.